The summed E-state index contributed by atoms with van der Waals surface area (Å²) in [6.07, 6.45) is 0.576. The first kappa shape index (κ1) is 13.1. The Morgan fingerprint density at radius 1 is 1.44 bits per heavy atom. The lowest BCUT2D eigenvalue weighted by atomic mass is 10.1. The summed E-state index contributed by atoms with van der Waals surface area (Å²) >= 11 is 3.47. The lowest BCUT2D eigenvalue weighted by Crippen LogP contribution is -2.23. The van der Waals surface area contributed by atoms with Crippen molar-refractivity contribution in [2.45, 2.75) is 25.6 Å². The number of halogens is 1. The average Bonchev–Trinajstić information content (AvgIpc) is 2.30. The summed E-state index contributed by atoms with van der Waals surface area (Å²) in [5, 5.41) is 9.50. The van der Waals surface area contributed by atoms with E-state index in [0.717, 1.165) is 18.4 Å². The predicted molar refractivity (Wildman–Crippen MR) is 71.9 cm³/mol. The molecule has 0 aliphatic carbocycles. The van der Waals surface area contributed by atoms with Crippen LogP contribution in [0.1, 0.15) is 24.5 Å². The van der Waals surface area contributed by atoms with Gasteiger partial charge in [-0.2, -0.15) is 5.26 Å². The third kappa shape index (κ3) is 3.24. The van der Waals surface area contributed by atoms with Gasteiger partial charge in [-0.25, -0.2) is 0 Å². The lowest BCUT2D eigenvalue weighted by molar-refractivity contribution is 0.826. The van der Waals surface area contributed by atoms with Gasteiger partial charge in [0.1, 0.15) is 0 Å². The van der Waals surface area contributed by atoms with Gasteiger partial charge in [0.15, 0.2) is 0 Å². The van der Waals surface area contributed by atoms with Crippen LogP contribution >= 0.6 is 15.9 Å². The van der Waals surface area contributed by atoms with E-state index in [1.54, 1.807) is 0 Å². The van der Waals surface area contributed by atoms with Crippen LogP contribution in [0.25, 0.3) is 0 Å². The van der Waals surface area contributed by atoms with E-state index < -0.39 is 0 Å². The third-order valence-corrected chi connectivity index (χ3v) is 3.31. The fourth-order valence-electron chi connectivity index (χ4n) is 1.68. The van der Waals surface area contributed by atoms with Crippen LogP contribution < -0.4 is 4.90 Å². The van der Waals surface area contributed by atoms with Gasteiger partial charge in [-0.05, 0) is 37.1 Å². The maximum Gasteiger partial charge on any atom is 0.0640 e. The third-order valence-electron chi connectivity index (χ3n) is 2.71. The van der Waals surface area contributed by atoms with Crippen LogP contribution in [-0.2, 0) is 5.33 Å². The summed E-state index contributed by atoms with van der Waals surface area (Å²) < 4.78 is 0. The molecule has 0 saturated carbocycles. The minimum atomic E-state index is 0.576. The van der Waals surface area contributed by atoms with Gasteiger partial charge in [-0.15, -0.1) is 0 Å². The van der Waals surface area contributed by atoms with E-state index in [9.17, 15) is 0 Å². The first-order chi connectivity index (χ1) is 7.72. The van der Waals surface area contributed by atoms with Crippen LogP contribution in [-0.4, -0.2) is 13.1 Å². The van der Waals surface area contributed by atoms with Crippen LogP contribution in [0, 0.1) is 18.3 Å². The minimum absolute atomic E-state index is 0.576. The van der Waals surface area contributed by atoms with Crippen LogP contribution in [0.3, 0.4) is 0 Å². The number of hydrogen-bond donors (Lipinski definition) is 0. The second kappa shape index (κ2) is 6.55. The van der Waals surface area contributed by atoms with Crippen molar-refractivity contribution in [3.8, 4) is 6.07 Å². The number of anilines is 1. The summed E-state index contributed by atoms with van der Waals surface area (Å²) in [6.45, 7) is 5.98. The Morgan fingerprint density at radius 2 is 2.19 bits per heavy atom. The first-order valence-corrected chi connectivity index (χ1v) is 6.62. The number of nitriles is 1. The van der Waals surface area contributed by atoms with Crippen molar-refractivity contribution in [1.82, 2.24) is 0 Å². The molecule has 0 spiro atoms. The van der Waals surface area contributed by atoms with Crippen molar-refractivity contribution in [2.75, 3.05) is 18.0 Å². The second-order valence-corrected chi connectivity index (χ2v) is 4.29. The average molecular weight is 281 g/mol. The summed E-state index contributed by atoms with van der Waals surface area (Å²) in [6, 6.07) is 8.66. The monoisotopic (exact) mass is 280 g/mol. The van der Waals surface area contributed by atoms with Gasteiger partial charge in [0.2, 0.25) is 0 Å². The SMILES string of the molecule is CCN(CCC#N)c1ccc(CBr)c(C)c1. The molecular formula is C13H17BrN2. The normalized spacial score (nSPS) is 9.88. The highest BCUT2D eigenvalue weighted by atomic mass is 79.9. The van der Waals surface area contributed by atoms with Crippen LogP contribution in [0.5, 0.6) is 0 Å². The number of aryl methyl sites for hydroxylation is 1. The van der Waals surface area contributed by atoms with E-state index in [2.05, 4.69) is 58.9 Å². The Hall–Kier alpha value is -1.01. The van der Waals surface area contributed by atoms with E-state index in [1.165, 1.54) is 16.8 Å². The Labute approximate surface area is 106 Å². The zero-order chi connectivity index (χ0) is 12.0. The molecule has 0 aliphatic rings. The van der Waals surface area contributed by atoms with Gasteiger partial charge in [0.05, 0.1) is 12.5 Å². The zero-order valence-electron chi connectivity index (χ0n) is 9.83. The van der Waals surface area contributed by atoms with Crippen molar-refractivity contribution in [3.63, 3.8) is 0 Å². The fraction of sp³-hybridized carbons (Fsp3) is 0.462. The van der Waals surface area contributed by atoms with Gasteiger partial charge in [-0.1, -0.05) is 22.0 Å². The molecule has 0 bridgehead atoms. The van der Waals surface area contributed by atoms with Crippen LogP contribution in [0.2, 0.25) is 0 Å². The molecule has 0 aromatic heterocycles. The molecule has 0 radical (unpaired) electrons. The molecule has 86 valence electrons. The first-order valence-electron chi connectivity index (χ1n) is 5.50. The van der Waals surface area contributed by atoms with E-state index in [4.69, 9.17) is 5.26 Å². The number of benzene rings is 1. The van der Waals surface area contributed by atoms with E-state index in [1.807, 2.05) is 0 Å². The molecule has 16 heavy (non-hydrogen) atoms. The van der Waals surface area contributed by atoms with Crippen molar-refractivity contribution in [2.24, 2.45) is 0 Å². The molecule has 1 aromatic carbocycles. The minimum Gasteiger partial charge on any atom is -0.371 e. The highest BCUT2D eigenvalue weighted by Crippen LogP contribution is 2.20. The van der Waals surface area contributed by atoms with E-state index in [0.29, 0.717) is 6.42 Å². The molecule has 0 saturated heterocycles. The molecule has 0 heterocycles. The van der Waals surface area contributed by atoms with E-state index >= 15 is 0 Å². The maximum absolute atomic E-state index is 8.61. The number of alkyl halides is 1. The van der Waals surface area contributed by atoms with E-state index in [-0.39, 0.29) is 0 Å². The lowest BCUT2D eigenvalue weighted by Gasteiger charge is -2.22. The number of hydrogen-bond acceptors (Lipinski definition) is 2. The van der Waals surface area contributed by atoms with Crippen molar-refractivity contribution >= 4 is 21.6 Å². The fourth-order valence-corrected chi connectivity index (χ4v) is 2.31. The van der Waals surface area contributed by atoms with Crippen molar-refractivity contribution in [1.29, 1.82) is 5.26 Å². The molecule has 0 unspecified atom stereocenters. The molecule has 0 amide bonds. The van der Waals surface area contributed by atoms with Crippen molar-refractivity contribution in [3.05, 3.63) is 29.3 Å². The molecule has 0 aliphatic heterocycles. The summed E-state index contributed by atoms with van der Waals surface area (Å²) in [4.78, 5) is 2.23. The van der Waals surface area contributed by atoms with Gasteiger partial charge >= 0.3 is 0 Å². The van der Waals surface area contributed by atoms with Gasteiger partial charge in [-0.3, -0.25) is 0 Å². The van der Waals surface area contributed by atoms with Gasteiger partial charge < -0.3 is 4.90 Å². The second-order valence-electron chi connectivity index (χ2n) is 3.73. The van der Waals surface area contributed by atoms with Crippen molar-refractivity contribution < 1.29 is 0 Å². The Balaban J connectivity index is 2.85. The maximum atomic E-state index is 8.61. The van der Waals surface area contributed by atoms with Gasteiger partial charge in [0.25, 0.3) is 0 Å². The topological polar surface area (TPSA) is 27.0 Å². The largest absolute Gasteiger partial charge is 0.371 e. The quantitative estimate of drug-likeness (QED) is 0.771. The van der Waals surface area contributed by atoms with Crippen LogP contribution in [0.4, 0.5) is 5.69 Å². The highest BCUT2D eigenvalue weighted by molar-refractivity contribution is 9.08. The summed E-state index contributed by atoms with van der Waals surface area (Å²) in [7, 11) is 0. The molecule has 1 aromatic rings. The number of nitrogens with zero attached hydrogens (tertiary/aromatic N) is 2. The van der Waals surface area contributed by atoms with Crippen LogP contribution in [0.15, 0.2) is 18.2 Å². The molecule has 0 N–H and O–H groups in total. The Kier molecular flexibility index (Phi) is 5.34. The highest BCUT2D eigenvalue weighted by Gasteiger charge is 2.05. The molecule has 2 nitrogen and oxygen atoms in total. The van der Waals surface area contributed by atoms with Gasteiger partial charge in [0, 0.05) is 24.1 Å². The molecular weight excluding hydrogens is 264 g/mol. The Morgan fingerprint density at radius 3 is 2.69 bits per heavy atom. The smallest absolute Gasteiger partial charge is 0.0640 e. The molecule has 1 rings (SSSR count). The molecule has 0 atom stereocenters. The Bertz CT molecular complexity index is 382. The summed E-state index contributed by atoms with van der Waals surface area (Å²) in [5.41, 5.74) is 3.82. The molecule has 3 heteroatoms. The zero-order valence-corrected chi connectivity index (χ0v) is 11.4. The predicted octanol–water partition coefficient (Wildman–Crippen LogP) is 3.63. The number of rotatable bonds is 5. The standard InChI is InChI=1S/C13H17BrN2/c1-3-16(8-4-7-15)13-6-5-12(10-14)11(2)9-13/h5-6,9H,3-4,8,10H2,1-2H3. The summed E-state index contributed by atoms with van der Waals surface area (Å²) in [5.74, 6) is 0. The molecule has 0 fully saturated rings.